The average Bonchev–Trinajstić information content (AvgIpc) is 1.97. The lowest BCUT2D eigenvalue weighted by Crippen LogP contribution is -1.93. The minimum absolute atomic E-state index is 0.758. The predicted octanol–water partition coefficient (Wildman–Crippen LogP) is 2.58. The number of hydrogen-bond donors (Lipinski definition) is 0. The molecule has 0 unspecified atom stereocenters. The first-order valence-corrected chi connectivity index (χ1v) is 3.90. The van der Waals surface area contributed by atoms with Gasteiger partial charge in [-0.25, -0.2) is 0 Å². The Morgan fingerprint density at radius 2 is 2.20 bits per heavy atom. The second-order valence-electron chi connectivity index (χ2n) is 2.20. The third-order valence-corrected chi connectivity index (χ3v) is 1.24. The molecule has 0 bridgehead atoms. The van der Waals surface area contributed by atoms with E-state index in [9.17, 15) is 0 Å². The van der Waals surface area contributed by atoms with E-state index in [0.29, 0.717) is 0 Å². The van der Waals surface area contributed by atoms with E-state index in [0.717, 1.165) is 26.1 Å². The quantitative estimate of drug-likeness (QED) is 0.408. The molecule has 0 aromatic carbocycles. The zero-order chi connectivity index (χ0) is 7.66. The van der Waals surface area contributed by atoms with Crippen molar-refractivity contribution in [3.8, 4) is 0 Å². The molecular weight excluding hydrogens is 124 g/mol. The van der Waals surface area contributed by atoms with Gasteiger partial charge in [-0.3, -0.25) is 0 Å². The van der Waals surface area contributed by atoms with Gasteiger partial charge in [0.25, 0.3) is 0 Å². The van der Waals surface area contributed by atoms with E-state index in [4.69, 9.17) is 4.74 Å². The highest BCUT2D eigenvalue weighted by molar-refractivity contribution is 4.75. The Hall–Kier alpha value is -0.300. The first kappa shape index (κ1) is 9.70. The van der Waals surface area contributed by atoms with Gasteiger partial charge < -0.3 is 4.74 Å². The lowest BCUT2D eigenvalue weighted by molar-refractivity contribution is 0.158. The molecule has 0 aromatic rings. The minimum atomic E-state index is 0.758. The summed E-state index contributed by atoms with van der Waals surface area (Å²) in [7, 11) is 0. The molecule has 0 aliphatic rings. The van der Waals surface area contributed by atoms with Gasteiger partial charge in [-0.05, 0) is 13.3 Å². The van der Waals surface area contributed by atoms with Crippen LogP contribution in [0.1, 0.15) is 26.2 Å². The fraction of sp³-hybridized carbons (Fsp3) is 0.667. The van der Waals surface area contributed by atoms with E-state index in [2.05, 4.69) is 6.92 Å². The first-order chi connectivity index (χ1) is 4.91. The second kappa shape index (κ2) is 8.70. The molecule has 0 N–H and O–H groups in total. The molecule has 1 heteroatoms. The maximum Gasteiger partial charge on any atom is 0.0647 e. The third kappa shape index (κ3) is 7.70. The summed E-state index contributed by atoms with van der Waals surface area (Å²) < 4.78 is 5.26. The van der Waals surface area contributed by atoms with E-state index < -0.39 is 0 Å². The van der Waals surface area contributed by atoms with Crippen molar-refractivity contribution in [3.63, 3.8) is 0 Å². The van der Waals surface area contributed by atoms with Gasteiger partial charge in [0.05, 0.1) is 6.61 Å². The number of hydrogen-bond acceptors (Lipinski definition) is 1. The summed E-state index contributed by atoms with van der Waals surface area (Å²) in [5.41, 5.74) is 0. The Bertz CT molecular complexity index is 76.8. The third-order valence-electron chi connectivity index (χ3n) is 1.24. The van der Waals surface area contributed by atoms with Crippen molar-refractivity contribution in [3.05, 3.63) is 19.1 Å². The highest BCUT2D eigenvalue weighted by Gasteiger charge is 1.83. The molecule has 1 nitrogen and oxygen atoms in total. The maximum absolute atomic E-state index is 5.26. The fourth-order valence-electron chi connectivity index (χ4n) is 0.629. The van der Waals surface area contributed by atoms with Crippen LogP contribution in [0.5, 0.6) is 0 Å². The van der Waals surface area contributed by atoms with Crippen LogP contribution >= 0.6 is 0 Å². The molecule has 0 aliphatic carbocycles. The summed E-state index contributed by atoms with van der Waals surface area (Å²) in [6, 6.07) is 0. The Morgan fingerprint density at radius 3 is 2.80 bits per heavy atom. The molecule has 0 rings (SSSR count). The van der Waals surface area contributed by atoms with Crippen LogP contribution in [0.25, 0.3) is 0 Å². The van der Waals surface area contributed by atoms with Crippen molar-refractivity contribution < 1.29 is 4.74 Å². The molecule has 0 atom stereocenters. The molecule has 1 radical (unpaired) electrons. The highest BCUT2D eigenvalue weighted by atomic mass is 16.5. The normalized spacial score (nSPS) is 11.0. The molecule has 0 fully saturated rings. The summed E-state index contributed by atoms with van der Waals surface area (Å²) >= 11 is 0. The van der Waals surface area contributed by atoms with Crippen LogP contribution in [0.4, 0.5) is 0 Å². The molecule has 0 aromatic heterocycles. The smallest absolute Gasteiger partial charge is 0.0647 e. The van der Waals surface area contributed by atoms with Crippen LogP contribution in [0.15, 0.2) is 12.2 Å². The van der Waals surface area contributed by atoms with Crippen molar-refractivity contribution in [2.45, 2.75) is 26.2 Å². The van der Waals surface area contributed by atoms with Crippen molar-refractivity contribution in [2.75, 3.05) is 13.2 Å². The van der Waals surface area contributed by atoms with Gasteiger partial charge in [-0.2, -0.15) is 0 Å². The number of allylic oxidation sites excluding steroid dienone is 1. The molecule has 0 aliphatic heterocycles. The Balaban J connectivity index is 2.77. The molecule has 0 amide bonds. The Labute approximate surface area is 64.1 Å². The SMILES string of the molecule is [CH2]CCCCOCC=CC. The van der Waals surface area contributed by atoms with E-state index in [1.807, 2.05) is 19.1 Å². The highest BCUT2D eigenvalue weighted by Crippen LogP contribution is 1.93. The molecule has 0 heterocycles. The molecular formula is C9H17O. The van der Waals surface area contributed by atoms with Gasteiger partial charge in [0.2, 0.25) is 0 Å². The van der Waals surface area contributed by atoms with Gasteiger partial charge in [0, 0.05) is 6.61 Å². The van der Waals surface area contributed by atoms with Crippen molar-refractivity contribution in [1.82, 2.24) is 0 Å². The van der Waals surface area contributed by atoms with Crippen molar-refractivity contribution >= 4 is 0 Å². The van der Waals surface area contributed by atoms with E-state index >= 15 is 0 Å². The average molecular weight is 141 g/mol. The van der Waals surface area contributed by atoms with Gasteiger partial charge in [0.1, 0.15) is 0 Å². The van der Waals surface area contributed by atoms with Crippen LogP contribution in [0.2, 0.25) is 0 Å². The molecule has 10 heavy (non-hydrogen) atoms. The summed E-state index contributed by atoms with van der Waals surface area (Å²) in [6.45, 7) is 7.38. The summed E-state index contributed by atoms with van der Waals surface area (Å²) in [5, 5.41) is 0. The van der Waals surface area contributed by atoms with E-state index in [1.54, 1.807) is 0 Å². The van der Waals surface area contributed by atoms with Crippen molar-refractivity contribution in [2.24, 2.45) is 0 Å². The summed E-state index contributed by atoms with van der Waals surface area (Å²) in [6.07, 6.45) is 7.36. The van der Waals surface area contributed by atoms with Crippen LogP contribution in [-0.2, 0) is 4.74 Å². The topological polar surface area (TPSA) is 9.23 Å². The number of rotatable bonds is 6. The molecule has 0 spiro atoms. The first-order valence-electron chi connectivity index (χ1n) is 3.90. The predicted molar refractivity (Wildman–Crippen MR) is 44.8 cm³/mol. The fourth-order valence-corrected chi connectivity index (χ4v) is 0.629. The van der Waals surface area contributed by atoms with Crippen LogP contribution < -0.4 is 0 Å². The lowest BCUT2D eigenvalue weighted by atomic mass is 10.3. The summed E-state index contributed by atoms with van der Waals surface area (Å²) in [5.74, 6) is 0. The zero-order valence-corrected chi connectivity index (χ0v) is 6.81. The van der Waals surface area contributed by atoms with Gasteiger partial charge in [-0.1, -0.05) is 31.9 Å². The minimum Gasteiger partial charge on any atom is -0.377 e. The second-order valence-corrected chi connectivity index (χ2v) is 2.20. The maximum atomic E-state index is 5.26. The Kier molecular flexibility index (Phi) is 8.44. The zero-order valence-electron chi connectivity index (χ0n) is 6.81. The number of ether oxygens (including phenoxy) is 1. The molecule has 0 saturated heterocycles. The van der Waals surface area contributed by atoms with E-state index in [-0.39, 0.29) is 0 Å². The van der Waals surface area contributed by atoms with Gasteiger partial charge in [-0.15, -0.1) is 0 Å². The van der Waals surface area contributed by atoms with Gasteiger partial charge >= 0.3 is 0 Å². The van der Waals surface area contributed by atoms with E-state index in [1.165, 1.54) is 6.42 Å². The van der Waals surface area contributed by atoms with Gasteiger partial charge in [0.15, 0.2) is 0 Å². The standard InChI is InChI=1S/C9H17O/c1-3-5-7-9-10-8-6-4-2/h4,6H,1,3,5,7-9H2,2H3. The van der Waals surface area contributed by atoms with Crippen LogP contribution in [0, 0.1) is 6.92 Å². The van der Waals surface area contributed by atoms with Crippen molar-refractivity contribution in [1.29, 1.82) is 0 Å². The number of unbranched alkanes of at least 4 members (excludes halogenated alkanes) is 2. The summed E-state index contributed by atoms with van der Waals surface area (Å²) in [4.78, 5) is 0. The molecule has 0 saturated carbocycles. The van der Waals surface area contributed by atoms with Crippen LogP contribution in [-0.4, -0.2) is 13.2 Å². The Morgan fingerprint density at radius 1 is 1.40 bits per heavy atom. The lowest BCUT2D eigenvalue weighted by Gasteiger charge is -1.98. The molecule has 59 valence electrons. The largest absolute Gasteiger partial charge is 0.377 e. The monoisotopic (exact) mass is 141 g/mol. The van der Waals surface area contributed by atoms with Crippen LogP contribution in [0.3, 0.4) is 0 Å².